The molecule has 0 amide bonds. The summed E-state index contributed by atoms with van der Waals surface area (Å²) in [6.07, 6.45) is 1.36. The Morgan fingerprint density at radius 1 is 1.31 bits per heavy atom. The zero-order chi connectivity index (χ0) is 12.9. The minimum absolute atomic E-state index is 0.196. The zero-order valence-electron chi connectivity index (χ0n) is 10.1. The van der Waals surface area contributed by atoms with Gasteiger partial charge in [0.2, 0.25) is 0 Å². The van der Waals surface area contributed by atoms with E-state index in [1.165, 1.54) is 0 Å². The first-order valence-corrected chi connectivity index (χ1v) is 5.12. The molecule has 0 rings (SSSR count). The van der Waals surface area contributed by atoms with E-state index in [0.717, 1.165) is 0 Å². The average Bonchev–Trinajstić information content (AvgIpc) is 1.99. The van der Waals surface area contributed by atoms with Crippen LogP contribution >= 0.6 is 0 Å². The molecule has 0 aliphatic heterocycles. The lowest BCUT2D eigenvalue weighted by Gasteiger charge is -2.17. The largest absolute Gasteiger partial charge is 0.481 e. The van der Waals surface area contributed by atoms with Crippen LogP contribution in [0, 0.1) is 11.3 Å². The van der Waals surface area contributed by atoms with Gasteiger partial charge in [-0.3, -0.25) is 9.79 Å². The summed E-state index contributed by atoms with van der Waals surface area (Å²) in [5.74, 6) is -2.62. The molecule has 0 fully saturated rings. The maximum absolute atomic E-state index is 10.9. The van der Waals surface area contributed by atoms with Gasteiger partial charge in [0.05, 0.1) is 6.42 Å². The van der Waals surface area contributed by atoms with Crippen molar-refractivity contribution in [2.45, 2.75) is 40.2 Å². The molecule has 0 saturated carbocycles. The third-order valence-electron chi connectivity index (χ3n) is 1.91. The summed E-state index contributed by atoms with van der Waals surface area (Å²) in [6.45, 7) is 7.28. The lowest BCUT2D eigenvalue weighted by atomic mass is 9.96. The van der Waals surface area contributed by atoms with E-state index in [1.807, 2.05) is 20.8 Å². The number of aliphatic carboxylic acids is 2. The molecular weight excluding hydrogens is 210 g/mol. The Balaban J connectivity index is 4.69. The topological polar surface area (TPSA) is 87.0 Å². The van der Waals surface area contributed by atoms with Crippen molar-refractivity contribution >= 4 is 18.2 Å². The highest BCUT2D eigenvalue weighted by molar-refractivity contribution is 5.78. The van der Waals surface area contributed by atoms with Crippen LogP contribution in [0.2, 0.25) is 0 Å². The third kappa shape index (κ3) is 6.16. The molecule has 5 nitrogen and oxygen atoms in total. The number of nitrogens with zero attached hydrogens (tertiary/aromatic N) is 1. The average molecular weight is 229 g/mol. The Kier molecular flexibility index (Phi) is 5.14. The summed E-state index contributed by atoms with van der Waals surface area (Å²) in [4.78, 5) is 25.4. The highest BCUT2D eigenvalue weighted by atomic mass is 16.4. The summed E-state index contributed by atoms with van der Waals surface area (Å²) >= 11 is 0. The number of hydrogen-bond donors (Lipinski definition) is 2. The molecular formula is C11H19NO4. The first kappa shape index (κ1) is 14.6. The van der Waals surface area contributed by atoms with Gasteiger partial charge in [-0.1, -0.05) is 27.7 Å². The summed E-state index contributed by atoms with van der Waals surface area (Å²) in [6, 6.07) is -0.990. The fourth-order valence-electron chi connectivity index (χ4n) is 1.15. The maximum Gasteiger partial charge on any atom is 0.328 e. The van der Waals surface area contributed by atoms with Gasteiger partial charge in [-0.15, -0.1) is 0 Å². The molecule has 0 heterocycles. The van der Waals surface area contributed by atoms with Crippen molar-refractivity contribution in [1.29, 1.82) is 0 Å². The molecule has 0 spiro atoms. The van der Waals surface area contributed by atoms with Gasteiger partial charge >= 0.3 is 11.9 Å². The van der Waals surface area contributed by atoms with E-state index in [4.69, 9.17) is 10.2 Å². The molecule has 5 heteroatoms. The Morgan fingerprint density at radius 3 is 2.12 bits per heavy atom. The zero-order valence-corrected chi connectivity index (χ0v) is 10.1. The smallest absolute Gasteiger partial charge is 0.328 e. The van der Waals surface area contributed by atoms with Crippen LogP contribution in [0.4, 0.5) is 0 Å². The predicted octanol–water partition coefficient (Wildman–Crippen LogP) is 1.67. The summed E-state index contributed by atoms with van der Waals surface area (Å²) in [7, 11) is 0. The molecule has 2 unspecified atom stereocenters. The van der Waals surface area contributed by atoms with Gasteiger partial charge in [0.25, 0.3) is 0 Å². The fraction of sp³-hybridized carbons (Fsp3) is 0.727. The summed E-state index contributed by atoms with van der Waals surface area (Å²) in [5.41, 5.74) is -0.212. The molecule has 2 N–H and O–H groups in total. The lowest BCUT2D eigenvalue weighted by Crippen LogP contribution is -2.28. The van der Waals surface area contributed by atoms with Crippen LogP contribution < -0.4 is 0 Å². The monoisotopic (exact) mass is 229 g/mol. The molecule has 0 aliphatic carbocycles. The Hall–Kier alpha value is -1.39. The lowest BCUT2D eigenvalue weighted by molar-refractivity contribution is -0.141. The van der Waals surface area contributed by atoms with Crippen molar-refractivity contribution < 1.29 is 19.8 Å². The molecule has 2 atom stereocenters. The number of carbonyl (C=O) groups is 2. The second-order valence-corrected chi connectivity index (χ2v) is 5.00. The van der Waals surface area contributed by atoms with Gasteiger partial charge in [0, 0.05) is 6.21 Å². The minimum Gasteiger partial charge on any atom is -0.481 e. The van der Waals surface area contributed by atoms with Gasteiger partial charge in [0.1, 0.15) is 6.04 Å². The Morgan fingerprint density at radius 2 is 1.81 bits per heavy atom. The van der Waals surface area contributed by atoms with E-state index < -0.39 is 23.9 Å². The fourth-order valence-corrected chi connectivity index (χ4v) is 1.15. The molecule has 0 aromatic heterocycles. The molecule has 0 radical (unpaired) electrons. The van der Waals surface area contributed by atoms with E-state index in [0.29, 0.717) is 0 Å². The quantitative estimate of drug-likeness (QED) is 0.702. The van der Waals surface area contributed by atoms with E-state index in [-0.39, 0.29) is 11.8 Å². The number of carboxylic acid groups (broad SMARTS) is 2. The van der Waals surface area contributed by atoms with Crippen molar-refractivity contribution in [2.24, 2.45) is 16.3 Å². The van der Waals surface area contributed by atoms with Gasteiger partial charge in [-0.25, -0.2) is 4.79 Å². The van der Waals surface area contributed by atoms with Crippen molar-refractivity contribution in [3.63, 3.8) is 0 Å². The normalized spacial score (nSPS) is 16.0. The minimum atomic E-state index is -1.09. The van der Waals surface area contributed by atoms with E-state index in [1.54, 1.807) is 13.1 Å². The third-order valence-corrected chi connectivity index (χ3v) is 1.91. The SMILES string of the molecule is CC(CC(=O)O)C(N=CC(C)(C)C)C(=O)O. The first-order chi connectivity index (χ1) is 7.13. The number of aliphatic imine (C=N–C) groups is 1. The number of carboxylic acids is 2. The molecule has 92 valence electrons. The van der Waals surface area contributed by atoms with Gasteiger partial charge in [0.15, 0.2) is 0 Å². The van der Waals surface area contributed by atoms with Gasteiger partial charge in [-0.2, -0.15) is 0 Å². The van der Waals surface area contributed by atoms with Crippen molar-refractivity contribution in [1.82, 2.24) is 0 Å². The molecule has 0 saturated heterocycles. The summed E-state index contributed by atoms with van der Waals surface area (Å²) < 4.78 is 0. The Bertz CT molecular complexity index is 291. The number of hydrogen-bond acceptors (Lipinski definition) is 3. The maximum atomic E-state index is 10.9. The van der Waals surface area contributed by atoms with E-state index in [2.05, 4.69) is 4.99 Å². The van der Waals surface area contributed by atoms with Crippen LogP contribution in [-0.4, -0.2) is 34.4 Å². The van der Waals surface area contributed by atoms with Crippen LogP contribution in [0.3, 0.4) is 0 Å². The van der Waals surface area contributed by atoms with Gasteiger partial charge < -0.3 is 10.2 Å². The molecule has 0 aromatic rings. The van der Waals surface area contributed by atoms with Crippen molar-refractivity contribution in [2.75, 3.05) is 0 Å². The van der Waals surface area contributed by atoms with E-state index in [9.17, 15) is 9.59 Å². The van der Waals surface area contributed by atoms with Crippen LogP contribution in [0.25, 0.3) is 0 Å². The Labute approximate surface area is 95.2 Å². The van der Waals surface area contributed by atoms with Crippen molar-refractivity contribution in [3.8, 4) is 0 Å². The summed E-state index contributed by atoms with van der Waals surface area (Å²) in [5, 5.41) is 17.5. The standard InChI is InChI=1S/C11H19NO4/c1-7(5-8(13)14)9(10(15)16)12-6-11(2,3)4/h6-7,9H,5H2,1-4H3,(H,13,14)(H,15,16). The second kappa shape index (κ2) is 5.63. The van der Waals surface area contributed by atoms with Gasteiger partial charge in [-0.05, 0) is 11.3 Å². The van der Waals surface area contributed by atoms with Crippen LogP contribution in [0.15, 0.2) is 4.99 Å². The second-order valence-electron chi connectivity index (χ2n) is 5.00. The first-order valence-electron chi connectivity index (χ1n) is 5.12. The molecule has 0 aliphatic rings. The van der Waals surface area contributed by atoms with E-state index >= 15 is 0 Å². The highest BCUT2D eigenvalue weighted by Gasteiger charge is 2.25. The van der Waals surface area contributed by atoms with Crippen molar-refractivity contribution in [3.05, 3.63) is 0 Å². The molecule has 0 aromatic carbocycles. The van der Waals surface area contributed by atoms with Crippen LogP contribution in [-0.2, 0) is 9.59 Å². The molecule has 16 heavy (non-hydrogen) atoms. The van der Waals surface area contributed by atoms with Crippen LogP contribution in [0.5, 0.6) is 0 Å². The van der Waals surface area contributed by atoms with Crippen LogP contribution in [0.1, 0.15) is 34.1 Å². The highest BCUT2D eigenvalue weighted by Crippen LogP contribution is 2.15. The predicted molar refractivity (Wildman–Crippen MR) is 60.8 cm³/mol. The molecule has 0 bridgehead atoms. The number of rotatable bonds is 5.